The lowest BCUT2D eigenvalue weighted by atomic mass is 10.1. The van der Waals surface area contributed by atoms with Crippen molar-refractivity contribution in [2.24, 2.45) is 40.9 Å². The van der Waals surface area contributed by atoms with Crippen LogP contribution in [-0.2, 0) is 40.5 Å². The molecule has 28 heteroatoms. The molecule has 0 aliphatic carbocycles. The van der Waals surface area contributed by atoms with E-state index in [0.717, 1.165) is 18.2 Å². The van der Waals surface area contributed by atoms with Gasteiger partial charge in [0.1, 0.15) is 38.4 Å². The summed E-state index contributed by atoms with van der Waals surface area (Å²) in [6, 6.07) is 27.2. The summed E-state index contributed by atoms with van der Waals surface area (Å²) in [7, 11) is -17.1. The molecule has 0 bridgehead atoms. The summed E-state index contributed by atoms with van der Waals surface area (Å²) in [5.41, 5.74) is 2.70. The number of aromatic hydroxyl groups is 1. The van der Waals surface area contributed by atoms with Gasteiger partial charge in [-0.3, -0.25) is 18.2 Å². The number of nitrogens with zero attached hydrogens (tertiary/aromatic N) is 8. The Balaban J connectivity index is 1.15. The minimum Gasteiger partial charge on any atom is -0.505 e. The van der Waals surface area contributed by atoms with Gasteiger partial charge < -0.3 is 19.9 Å². The van der Waals surface area contributed by atoms with E-state index in [1.54, 1.807) is 82.5 Å². The first-order valence-corrected chi connectivity index (χ1v) is 27.6. The molecule has 6 N–H and O–H groups in total. The molecular weight excluding hydrogens is 1060 g/mol. The second-order valence-corrected chi connectivity index (χ2v) is 22.0. The first-order valence-electron chi connectivity index (χ1n) is 21.6. The molecule has 0 radical (unpaired) electrons. The highest BCUT2D eigenvalue weighted by Gasteiger charge is 2.23. The van der Waals surface area contributed by atoms with Crippen LogP contribution < -0.4 is 14.8 Å². The van der Waals surface area contributed by atoms with Gasteiger partial charge in [0, 0.05) is 22.8 Å². The Morgan fingerprint density at radius 3 is 1.63 bits per heavy atom. The number of benzene rings is 7. The molecule has 0 aliphatic rings. The van der Waals surface area contributed by atoms with Crippen molar-refractivity contribution in [3.8, 4) is 17.2 Å². The van der Waals surface area contributed by atoms with Crippen molar-refractivity contribution in [2.75, 3.05) is 24.8 Å². The quantitative estimate of drug-likeness (QED) is 0.0249. The van der Waals surface area contributed by atoms with Gasteiger partial charge in [-0.15, -0.1) is 15.3 Å². The normalized spacial score (nSPS) is 12.7. The number of azo groups is 4. The highest BCUT2D eigenvalue weighted by atomic mass is 32.2. The Bertz CT molecular complexity index is 3950. The van der Waals surface area contributed by atoms with Gasteiger partial charge in [-0.2, -0.15) is 59.2 Å². The lowest BCUT2D eigenvalue weighted by Crippen LogP contribution is -2.08. The maximum atomic E-state index is 12.6. The van der Waals surface area contributed by atoms with Crippen LogP contribution in [0, 0.1) is 20.8 Å². The number of phenols is 1. The number of ether oxygens (including phenoxy) is 2. The Labute approximate surface area is 429 Å². The molecule has 7 rings (SSSR count). The van der Waals surface area contributed by atoms with Crippen molar-refractivity contribution in [3.05, 3.63) is 132 Å². The average molecular weight is 1100 g/mol. The number of nitrogens with one attached hydrogen (secondary N) is 1. The lowest BCUT2D eigenvalue weighted by molar-refractivity contribution is 0.317. The molecule has 0 aliphatic heterocycles. The van der Waals surface area contributed by atoms with E-state index in [9.17, 15) is 57.0 Å². The number of aryl methyl sites for hydroxylation is 3. The molecule has 75 heavy (non-hydrogen) atoms. The van der Waals surface area contributed by atoms with E-state index in [2.05, 4.69) is 46.2 Å². The first-order chi connectivity index (χ1) is 35.2. The summed E-state index contributed by atoms with van der Waals surface area (Å²) in [6.45, 7) is 4.71. The van der Waals surface area contributed by atoms with Crippen LogP contribution in [0.2, 0.25) is 0 Å². The van der Waals surface area contributed by atoms with Crippen molar-refractivity contribution >= 4 is 108 Å². The topological polar surface area (TPSA) is 367 Å². The van der Waals surface area contributed by atoms with Crippen LogP contribution in [0.25, 0.3) is 10.8 Å². The molecule has 0 spiro atoms. The summed E-state index contributed by atoms with van der Waals surface area (Å²) in [4.78, 5) is -1.77. The van der Waals surface area contributed by atoms with Crippen molar-refractivity contribution in [2.45, 2.75) is 41.9 Å². The third kappa shape index (κ3) is 14.2. The number of hydrogen-bond acceptors (Lipinski definition) is 20. The second kappa shape index (κ2) is 22.3. The number of methoxy groups -OCH3 is 1. The van der Waals surface area contributed by atoms with Crippen LogP contribution in [0.1, 0.15) is 23.1 Å². The molecule has 24 nitrogen and oxygen atoms in total. The van der Waals surface area contributed by atoms with Crippen molar-refractivity contribution in [1.82, 2.24) is 0 Å². The maximum Gasteiger partial charge on any atom is 0.296 e. The van der Waals surface area contributed by atoms with Crippen LogP contribution in [0.4, 0.5) is 56.9 Å². The molecule has 0 saturated heterocycles. The fourth-order valence-corrected chi connectivity index (χ4v) is 9.19. The highest BCUT2D eigenvalue weighted by Crippen LogP contribution is 2.44. The molecular formula is C47H43N9O15S4. The Morgan fingerprint density at radius 1 is 0.507 bits per heavy atom. The Kier molecular flexibility index (Phi) is 16.3. The van der Waals surface area contributed by atoms with E-state index >= 15 is 0 Å². The largest absolute Gasteiger partial charge is 0.505 e. The number of hydrogen-bond donors (Lipinski definition) is 6. The Morgan fingerprint density at radius 2 is 1.04 bits per heavy atom. The van der Waals surface area contributed by atoms with Crippen LogP contribution in [-0.4, -0.2) is 76.5 Å². The van der Waals surface area contributed by atoms with E-state index in [0.29, 0.717) is 39.5 Å². The summed E-state index contributed by atoms with van der Waals surface area (Å²) in [5.74, 6) is -0.515. The lowest BCUT2D eigenvalue weighted by Gasteiger charge is -2.12. The minimum atomic E-state index is -4.94. The molecule has 0 amide bonds. The van der Waals surface area contributed by atoms with Crippen LogP contribution in [0.3, 0.4) is 0 Å². The SMILES string of the molecule is COc1ccc(Nc2ccc3c(O)c(N=Nc4cc(C)c(N=Nc5cc(C)c(N=Nc6ccc(N=Nc7ccc(S(=O)(=O)O)cc7)cc6S(=O)(=O)O)cc5OCCCS(=O)(=O)O)cc4C)c(S(=O)(=O)O)cc3c2)cc1. The molecule has 0 fully saturated rings. The number of fused-ring (bicyclic) bond motifs is 1. The highest BCUT2D eigenvalue weighted by molar-refractivity contribution is 7.86. The molecule has 0 aromatic heterocycles. The smallest absolute Gasteiger partial charge is 0.296 e. The standard InChI is InChI=1S/C47H43N9O15S4/c1-27-21-40(54-56-46-45(75(67,68)69)24-30-23-33(10-16-37(30)47(46)57)48-31-6-12-35(70-4)13-7-31)28(2)20-39(27)52-55-42-22-29(3)41(26-43(42)71-18-5-19-72(58,59)60)53-51-38-17-11-34(25-44(38)74(64,65)66)50-49-32-8-14-36(15-9-32)73(61,62)63/h6-17,20-26,48,57H,5,18-19H2,1-4H3,(H,58,59,60)(H,61,62,63)(H,64,65,66)(H,67,68,69). The van der Waals surface area contributed by atoms with Crippen molar-refractivity contribution in [1.29, 1.82) is 0 Å². The van der Waals surface area contributed by atoms with Crippen molar-refractivity contribution < 1.29 is 66.5 Å². The van der Waals surface area contributed by atoms with E-state index in [1.807, 2.05) is 0 Å². The predicted octanol–water partition coefficient (Wildman–Crippen LogP) is 12.3. The van der Waals surface area contributed by atoms with Gasteiger partial charge in [-0.25, -0.2) is 0 Å². The second-order valence-electron chi connectivity index (χ2n) is 16.3. The first kappa shape index (κ1) is 54.8. The maximum absolute atomic E-state index is 12.6. The van der Waals surface area contributed by atoms with Gasteiger partial charge in [0.05, 0.1) is 52.8 Å². The summed E-state index contributed by atoms with van der Waals surface area (Å²) in [5, 5.41) is 48.1. The van der Waals surface area contributed by atoms with E-state index < -0.39 is 67.5 Å². The zero-order valence-corrected chi connectivity index (χ0v) is 42.9. The van der Waals surface area contributed by atoms with Gasteiger partial charge in [0.25, 0.3) is 40.5 Å². The molecule has 7 aromatic rings. The molecule has 0 saturated carbocycles. The van der Waals surface area contributed by atoms with E-state index in [-0.39, 0.29) is 68.6 Å². The molecule has 390 valence electrons. The van der Waals surface area contributed by atoms with Gasteiger partial charge in [0.15, 0.2) is 5.75 Å². The number of phenolic OH excluding ortho intramolecular Hbond substituents is 1. The molecule has 7 aromatic carbocycles. The van der Waals surface area contributed by atoms with Gasteiger partial charge in [0.2, 0.25) is 0 Å². The zero-order chi connectivity index (χ0) is 54.5. The Hall–Kier alpha value is -7.96. The third-order valence-electron chi connectivity index (χ3n) is 10.7. The third-order valence-corrected chi connectivity index (χ3v) is 14.2. The number of anilines is 2. The zero-order valence-electron chi connectivity index (χ0n) is 39.6. The van der Waals surface area contributed by atoms with E-state index in [1.165, 1.54) is 42.5 Å². The molecule has 0 unspecified atom stereocenters. The minimum absolute atomic E-state index is 0.0124. The van der Waals surface area contributed by atoms with Gasteiger partial charge in [-0.1, -0.05) is 0 Å². The molecule has 0 atom stereocenters. The van der Waals surface area contributed by atoms with Crippen molar-refractivity contribution in [3.63, 3.8) is 0 Å². The summed E-state index contributed by atoms with van der Waals surface area (Å²) in [6.07, 6.45) is -0.141. The van der Waals surface area contributed by atoms with Crippen LogP contribution in [0.5, 0.6) is 17.2 Å². The van der Waals surface area contributed by atoms with Crippen LogP contribution >= 0.6 is 0 Å². The summed E-state index contributed by atoms with van der Waals surface area (Å²) >= 11 is 0. The van der Waals surface area contributed by atoms with Gasteiger partial charge >= 0.3 is 0 Å². The number of rotatable bonds is 19. The van der Waals surface area contributed by atoms with E-state index in [4.69, 9.17) is 9.47 Å². The average Bonchev–Trinajstić information content (AvgIpc) is 3.34. The monoisotopic (exact) mass is 1100 g/mol. The predicted molar refractivity (Wildman–Crippen MR) is 275 cm³/mol. The van der Waals surface area contributed by atoms with Crippen LogP contribution in [0.15, 0.2) is 171 Å². The fourth-order valence-electron chi connectivity index (χ4n) is 6.93. The fraction of sp³-hybridized carbons (Fsp3) is 0.149. The molecule has 0 heterocycles. The summed E-state index contributed by atoms with van der Waals surface area (Å²) < 4.78 is 145. The van der Waals surface area contributed by atoms with Gasteiger partial charge in [-0.05, 0) is 158 Å².